The van der Waals surface area contributed by atoms with Gasteiger partial charge in [0.25, 0.3) is 5.91 Å². The Morgan fingerprint density at radius 1 is 1.30 bits per heavy atom. The third-order valence-corrected chi connectivity index (χ3v) is 4.94. The lowest BCUT2D eigenvalue weighted by molar-refractivity contribution is -0.117. The van der Waals surface area contributed by atoms with E-state index >= 15 is 0 Å². The molecule has 0 spiro atoms. The van der Waals surface area contributed by atoms with Crippen LogP contribution < -0.4 is 4.90 Å². The number of rotatable bonds is 3. The first-order chi connectivity index (χ1) is 11.0. The molecule has 0 aromatic carbocycles. The largest absolute Gasteiger partial charge is 0.503 e. The minimum atomic E-state index is -0.533. The highest BCUT2D eigenvalue weighted by Gasteiger charge is 2.46. The van der Waals surface area contributed by atoms with E-state index in [1.165, 1.54) is 24.4 Å². The van der Waals surface area contributed by atoms with Gasteiger partial charge < -0.3 is 5.11 Å². The van der Waals surface area contributed by atoms with Crippen LogP contribution in [0.5, 0.6) is 0 Å². The number of amides is 1. The zero-order valence-corrected chi connectivity index (χ0v) is 13.7. The van der Waals surface area contributed by atoms with E-state index < -0.39 is 17.7 Å². The Kier molecular flexibility index (Phi) is 4.39. The van der Waals surface area contributed by atoms with Crippen LogP contribution in [0, 0.1) is 5.92 Å². The number of carbonyl (C=O) groups is 2. The summed E-state index contributed by atoms with van der Waals surface area (Å²) in [6.07, 6.45) is 6.72. The van der Waals surface area contributed by atoms with Crippen molar-refractivity contribution in [3.05, 3.63) is 34.8 Å². The number of pyridine rings is 1. The second-order valence-corrected chi connectivity index (χ2v) is 6.56. The zero-order chi connectivity index (χ0) is 16.6. The van der Waals surface area contributed by atoms with Crippen molar-refractivity contribution in [3.8, 4) is 0 Å². The van der Waals surface area contributed by atoms with Crippen molar-refractivity contribution in [2.24, 2.45) is 5.92 Å². The Morgan fingerprint density at radius 2 is 2.00 bits per heavy atom. The molecule has 1 unspecified atom stereocenters. The highest BCUT2D eigenvalue weighted by atomic mass is 35.5. The topological polar surface area (TPSA) is 70.5 Å². The number of carbonyl (C=O) groups excluding carboxylic acids is 2. The normalized spacial score (nSPS) is 22.8. The Labute approximate surface area is 140 Å². The first-order valence-electron chi connectivity index (χ1n) is 7.90. The molecule has 0 radical (unpaired) electrons. The van der Waals surface area contributed by atoms with Crippen molar-refractivity contribution in [1.29, 1.82) is 0 Å². The van der Waals surface area contributed by atoms with E-state index in [0.29, 0.717) is 10.8 Å². The first kappa shape index (κ1) is 16.0. The molecular formula is C17H19ClN2O3. The third kappa shape index (κ3) is 2.85. The summed E-state index contributed by atoms with van der Waals surface area (Å²) in [5.41, 5.74) is 0.787. The van der Waals surface area contributed by atoms with E-state index in [1.807, 2.05) is 0 Å². The number of anilines is 1. The smallest absolute Gasteiger partial charge is 0.294 e. The predicted molar refractivity (Wildman–Crippen MR) is 87.4 cm³/mol. The lowest BCUT2D eigenvalue weighted by Gasteiger charge is -2.34. The monoisotopic (exact) mass is 334 g/mol. The predicted octanol–water partition coefficient (Wildman–Crippen LogP) is 3.43. The Morgan fingerprint density at radius 3 is 2.57 bits per heavy atom. The maximum Gasteiger partial charge on any atom is 0.294 e. The average Bonchev–Trinajstić information content (AvgIpc) is 2.81. The molecule has 1 aromatic rings. The van der Waals surface area contributed by atoms with Gasteiger partial charge in [0.05, 0.1) is 23.5 Å². The van der Waals surface area contributed by atoms with Gasteiger partial charge in [-0.05, 0) is 37.8 Å². The van der Waals surface area contributed by atoms with Crippen LogP contribution in [0.4, 0.5) is 5.69 Å². The fourth-order valence-electron chi connectivity index (χ4n) is 3.68. The summed E-state index contributed by atoms with van der Waals surface area (Å²) in [5, 5.41) is 10.6. The van der Waals surface area contributed by atoms with Gasteiger partial charge in [0.2, 0.25) is 0 Å². The Hall–Kier alpha value is -1.88. The summed E-state index contributed by atoms with van der Waals surface area (Å²) in [7, 11) is 0. The van der Waals surface area contributed by atoms with Crippen molar-refractivity contribution < 1.29 is 14.7 Å². The van der Waals surface area contributed by atoms with Gasteiger partial charge in [-0.15, -0.1) is 0 Å². The lowest BCUT2D eigenvalue weighted by Crippen LogP contribution is -2.42. The summed E-state index contributed by atoms with van der Waals surface area (Å²) in [6, 6.07) is 2.88. The van der Waals surface area contributed by atoms with Crippen molar-refractivity contribution in [2.75, 3.05) is 4.90 Å². The summed E-state index contributed by atoms with van der Waals surface area (Å²) >= 11 is 5.82. The number of aliphatic hydroxyl groups excluding tert-OH is 1. The molecule has 0 bridgehead atoms. The van der Waals surface area contributed by atoms with Crippen LogP contribution in [0.1, 0.15) is 39.0 Å². The van der Waals surface area contributed by atoms with Gasteiger partial charge >= 0.3 is 0 Å². The van der Waals surface area contributed by atoms with E-state index in [1.54, 1.807) is 12.1 Å². The van der Waals surface area contributed by atoms with E-state index in [4.69, 9.17) is 11.6 Å². The van der Waals surface area contributed by atoms with Gasteiger partial charge in [0.15, 0.2) is 11.5 Å². The molecule has 1 aromatic heterocycles. The standard InChI is InChI=1S/C17H19ClN2O3/c1-10(21)14-15(11-5-3-2-4-6-11)20(17(23)16(14)22)12-7-8-13(18)19-9-12/h7-9,11,15,22H,2-6H2,1H3. The fourth-order valence-corrected chi connectivity index (χ4v) is 3.80. The van der Waals surface area contributed by atoms with Crippen LogP contribution in [0.25, 0.3) is 0 Å². The summed E-state index contributed by atoms with van der Waals surface area (Å²) in [6.45, 7) is 1.40. The fraction of sp³-hybridized carbons (Fsp3) is 0.471. The van der Waals surface area contributed by atoms with Gasteiger partial charge in [-0.1, -0.05) is 30.9 Å². The summed E-state index contributed by atoms with van der Waals surface area (Å²) in [4.78, 5) is 30.1. The van der Waals surface area contributed by atoms with Crippen molar-refractivity contribution in [3.63, 3.8) is 0 Å². The lowest BCUT2D eigenvalue weighted by atomic mass is 9.80. The number of Topliss-reactive ketones (excluding diaryl/α,β-unsaturated/α-hetero) is 1. The van der Waals surface area contributed by atoms with E-state index in [2.05, 4.69) is 4.98 Å². The number of halogens is 1. The molecule has 1 amide bonds. The van der Waals surface area contributed by atoms with Crippen molar-refractivity contribution in [1.82, 2.24) is 4.98 Å². The van der Waals surface area contributed by atoms with Crippen LogP contribution in [0.3, 0.4) is 0 Å². The molecule has 0 saturated heterocycles. The molecule has 1 aliphatic carbocycles. The summed E-state index contributed by atoms with van der Waals surface area (Å²) in [5.74, 6) is -1.04. The van der Waals surface area contributed by atoms with E-state index in [0.717, 1.165) is 25.7 Å². The molecule has 6 heteroatoms. The van der Waals surface area contributed by atoms with Gasteiger partial charge in [-0.3, -0.25) is 14.5 Å². The number of aliphatic hydroxyl groups is 1. The molecular weight excluding hydrogens is 316 g/mol. The van der Waals surface area contributed by atoms with Crippen LogP contribution in [0.15, 0.2) is 29.7 Å². The molecule has 1 fully saturated rings. The van der Waals surface area contributed by atoms with Crippen molar-refractivity contribution in [2.45, 2.75) is 45.1 Å². The quantitative estimate of drug-likeness (QED) is 0.860. The third-order valence-electron chi connectivity index (χ3n) is 4.72. The van der Waals surface area contributed by atoms with Gasteiger partial charge in [-0.2, -0.15) is 0 Å². The minimum absolute atomic E-state index is 0.173. The van der Waals surface area contributed by atoms with Crippen LogP contribution in [-0.2, 0) is 9.59 Å². The number of hydrogen-bond acceptors (Lipinski definition) is 4. The second-order valence-electron chi connectivity index (χ2n) is 6.18. The molecule has 1 aliphatic heterocycles. The molecule has 5 nitrogen and oxygen atoms in total. The van der Waals surface area contributed by atoms with Crippen molar-refractivity contribution >= 4 is 29.0 Å². The average molecular weight is 335 g/mol. The molecule has 1 saturated carbocycles. The summed E-state index contributed by atoms with van der Waals surface area (Å²) < 4.78 is 0. The number of nitrogens with zero attached hydrogens (tertiary/aromatic N) is 2. The van der Waals surface area contributed by atoms with E-state index in [9.17, 15) is 14.7 Å². The number of hydrogen-bond donors (Lipinski definition) is 1. The molecule has 3 rings (SSSR count). The van der Waals surface area contributed by atoms with Crippen LogP contribution >= 0.6 is 11.6 Å². The molecule has 2 heterocycles. The Balaban J connectivity index is 2.04. The minimum Gasteiger partial charge on any atom is -0.503 e. The first-order valence-corrected chi connectivity index (χ1v) is 8.27. The molecule has 23 heavy (non-hydrogen) atoms. The SMILES string of the molecule is CC(=O)C1=C(O)C(=O)N(c2ccc(Cl)nc2)C1C1CCCCC1. The number of aromatic nitrogens is 1. The molecule has 2 aliphatic rings. The van der Waals surface area contributed by atoms with E-state index in [-0.39, 0.29) is 17.3 Å². The number of ketones is 1. The van der Waals surface area contributed by atoms with Gasteiger partial charge in [-0.25, -0.2) is 4.98 Å². The van der Waals surface area contributed by atoms with Gasteiger partial charge in [0.1, 0.15) is 5.15 Å². The molecule has 1 atom stereocenters. The zero-order valence-electron chi connectivity index (χ0n) is 13.0. The van der Waals surface area contributed by atoms with Crippen LogP contribution in [-0.4, -0.2) is 27.8 Å². The van der Waals surface area contributed by atoms with Gasteiger partial charge in [0, 0.05) is 0 Å². The molecule has 1 N–H and O–H groups in total. The highest BCUT2D eigenvalue weighted by Crippen LogP contribution is 2.40. The maximum atomic E-state index is 12.6. The Bertz CT molecular complexity index is 663. The highest BCUT2D eigenvalue weighted by molar-refractivity contribution is 6.29. The van der Waals surface area contributed by atoms with Crippen LogP contribution in [0.2, 0.25) is 5.15 Å². The maximum absolute atomic E-state index is 12.6. The molecule has 122 valence electrons. The second kappa shape index (κ2) is 6.32.